The minimum absolute atomic E-state index is 1.15. The smallest absolute Gasteiger partial charge is 0.0549 e. The normalized spacial score (nSPS) is 11.9. The molecule has 0 bridgehead atoms. The first-order chi connectivity index (χ1) is 30.3. The number of para-hydroxylation sites is 3. The van der Waals surface area contributed by atoms with Crippen molar-refractivity contribution in [2.45, 2.75) is 0 Å². The molecule has 0 saturated heterocycles. The van der Waals surface area contributed by atoms with Gasteiger partial charge in [-0.3, -0.25) is 0 Å². The van der Waals surface area contributed by atoms with Crippen molar-refractivity contribution >= 4 is 76.2 Å². The Hall–Kier alpha value is -8.14. The van der Waals surface area contributed by atoms with Gasteiger partial charge in [0.1, 0.15) is 0 Å². The maximum atomic E-state index is 2.49. The second kappa shape index (κ2) is 13.2. The molecule has 13 aromatic rings. The summed E-state index contributed by atoms with van der Waals surface area (Å²) in [6, 6.07) is 82.3. The van der Waals surface area contributed by atoms with Gasteiger partial charge in [0.2, 0.25) is 0 Å². The van der Waals surface area contributed by atoms with Gasteiger partial charge in [-0.2, -0.15) is 0 Å². The Morgan fingerprint density at radius 3 is 1.33 bits per heavy atom. The van der Waals surface area contributed by atoms with Gasteiger partial charge in [-0.1, -0.05) is 146 Å². The second-order valence-corrected chi connectivity index (χ2v) is 16.1. The second-order valence-electron chi connectivity index (χ2n) is 16.1. The molecule has 0 spiro atoms. The van der Waals surface area contributed by atoms with Crippen molar-refractivity contribution in [3.8, 4) is 39.3 Å². The van der Waals surface area contributed by atoms with Crippen molar-refractivity contribution in [3.05, 3.63) is 224 Å². The molecule has 0 aliphatic heterocycles. The highest BCUT2D eigenvalue weighted by atomic mass is 15.0. The third-order valence-corrected chi connectivity index (χ3v) is 12.8. The number of rotatable bonds is 5. The van der Waals surface area contributed by atoms with Crippen molar-refractivity contribution in [1.29, 1.82) is 0 Å². The third-order valence-electron chi connectivity index (χ3n) is 12.8. The number of benzene rings is 10. The summed E-state index contributed by atoms with van der Waals surface area (Å²) < 4.78 is 7.32. The molecule has 0 aliphatic rings. The molecule has 3 heterocycles. The quantitative estimate of drug-likeness (QED) is 0.165. The maximum absolute atomic E-state index is 2.49. The lowest BCUT2D eigenvalue weighted by molar-refractivity contribution is 1.18. The molecule has 284 valence electrons. The van der Waals surface area contributed by atoms with Crippen molar-refractivity contribution in [2.24, 2.45) is 0 Å². The van der Waals surface area contributed by atoms with Gasteiger partial charge in [0, 0.05) is 49.1 Å². The van der Waals surface area contributed by atoms with Crippen LogP contribution in [0.1, 0.15) is 0 Å². The fraction of sp³-hybridized carbons (Fsp3) is 0. The first kappa shape index (κ1) is 33.8. The molecule has 10 aromatic carbocycles. The molecule has 3 heteroatoms. The summed E-state index contributed by atoms with van der Waals surface area (Å²) >= 11 is 0. The van der Waals surface area contributed by atoms with Gasteiger partial charge >= 0.3 is 0 Å². The maximum Gasteiger partial charge on any atom is 0.0549 e. The third kappa shape index (κ3) is 5.11. The van der Waals surface area contributed by atoms with E-state index in [-0.39, 0.29) is 0 Å². The fourth-order valence-corrected chi connectivity index (χ4v) is 10.0. The van der Waals surface area contributed by atoms with Gasteiger partial charge < -0.3 is 13.7 Å². The van der Waals surface area contributed by atoms with Gasteiger partial charge in [0.25, 0.3) is 0 Å². The highest BCUT2D eigenvalue weighted by Gasteiger charge is 2.21. The van der Waals surface area contributed by atoms with Gasteiger partial charge in [-0.15, -0.1) is 0 Å². The lowest BCUT2D eigenvalue weighted by Crippen LogP contribution is -1.95. The summed E-state index contributed by atoms with van der Waals surface area (Å²) in [5.41, 5.74) is 15.5. The molecule has 61 heavy (non-hydrogen) atoms. The molecule has 0 atom stereocenters. The first-order valence-electron chi connectivity index (χ1n) is 21.0. The van der Waals surface area contributed by atoms with Crippen LogP contribution in [0.15, 0.2) is 224 Å². The Morgan fingerprint density at radius 2 is 0.639 bits per heavy atom. The summed E-state index contributed by atoms with van der Waals surface area (Å²) in [4.78, 5) is 0. The van der Waals surface area contributed by atoms with E-state index in [4.69, 9.17) is 0 Å². The fourth-order valence-electron chi connectivity index (χ4n) is 10.0. The van der Waals surface area contributed by atoms with E-state index in [1.807, 2.05) is 0 Å². The average molecular weight is 776 g/mol. The standard InChI is InChI=1S/C58H37N3/c1-3-14-38(15-4-1)39-26-30-44(31-27-39)59-53-23-11-9-21-46(53)48-34-41(28-32-55(48)59)42-29-33-56-49(35-42)51-37-57-50(47-22-10-12-24-54(47)60(57)43-18-5-2-6-19-43)36-58(51)61(56)52-25-13-17-40-16-7-8-20-45(40)52/h1-37H. The molecule has 0 unspecified atom stereocenters. The lowest BCUT2D eigenvalue weighted by atomic mass is 10.00. The van der Waals surface area contributed by atoms with Crippen LogP contribution < -0.4 is 0 Å². The molecular formula is C58H37N3. The van der Waals surface area contributed by atoms with E-state index < -0.39 is 0 Å². The van der Waals surface area contributed by atoms with Crippen molar-refractivity contribution in [1.82, 2.24) is 13.7 Å². The number of hydrogen-bond donors (Lipinski definition) is 0. The van der Waals surface area contributed by atoms with E-state index in [1.165, 1.54) is 104 Å². The van der Waals surface area contributed by atoms with Crippen LogP contribution in [0, 0.1) is 0 Å². The van der Waals surface area contributed by atoms with Gasteiger partial charge in [0.05, 0.1) is 38.8 Å². The zero-order valence-corrected chi connectivity index (χ0v) is 33.2. The Morgan fingerprint density at radius 1 is 0.213 bits per heavy atom. The summed E-state index contributed by atoms with van der Waals surface area (Å²) in [6.07, 6.45) is 0. The highest BCUT2D eigenvalue weighted by Crippen LogP contribution is 2.43. The Labute approximate surface area is 352 Å². The zero-order chi connectivity index (χ0) is 40.0. The molecule has 0 aliphatic carbocycles. The molecule has 0 amide bonds. The highest BCUT2D eigenvalue weighted by molar-refractivity contribution is 6.20. The Kier molecular flexibility index (Phi) is 7.31. The summed E-state index contributed by atoms with van der Waals surface area (Å²) in [5.74, 6) is 0. The van der Waals surface area contributed by atoms with Crippen LogP contribution in [-0.2, 0) is 0 Å². The number of fused-ring (bicyclic) bond motifs is 10. The number of hydrogen-bond acceptors (Lipinski definition) is 0. The topological polar surface area (TPSA) is 14.8 Å². The van der Waals surface area contributed by atoms with Crippen molar-refractivity contribution < 1.29 is 0 Å². The van der Waals surface area contributed by atoms with E-state index in [1.54, 1.807) is 0 Å². The van der Waals surface area contributed by atoms with Crippen LogP contribution in [0.5, 0.6) is 0 Å². The minimum Gasteiger partial charge on any atom is -0.309 e. The molecular weight excluding hydrogens is 739 g/mol. The van der Waals surface area contributed by atoms with E-state index in [0.717, 1.165) is 11.4 Å². The van der Waals surface area contributed by atoms with Crippen molar-refractivity contribution in [2.75, 3.05) is 0 Å². The number of nitrogens with zero attached hydrogens (tertiary/aromatic N) is 3. The Balaban J connectivity index is 1.05. The van der Waals surface area contributed by atoms with Crippen LogP contribution in [0.25, 0.3) is 116 Å². The van der Waals surface area contributed by atoms with Crippen LogP contribution in [0.4, 0.5) is 0 Å². The Bertz CT molecular complexity index is 3840. The number of aromatic nitrogens is 3. The van der Waals surface area contributed by atoms with E-state index >= 15 is 0 Å². The van der Waals surface area contributed by atoms with Crippen LogP contribution in [-0.4, -0.2) is 13.7 Å². The molecule has 3 nitrogen and oxygen atoms in total. The predicted molar refractivity (Wildman–Crippen MR) is 258 cm³/mol. The molecule has 3 aromatic heterocycles. The minimum atomic E-state index is 1.15. The van der Waals surface area contributed by atoms with Crippen molar-refractivity contribution in [3.63, 3.8) is 0 Å². The van der Waals surface area contributed by atoms with Gasteiger partial charge in [-0.05, 0) is 107 Å². The summed E-state index contributed by atoms with van der Waals surface area (Å²) in [7, 11) is 0. The van der Waals surface area contributed by atoms with Crippen LogP contribution in [0.2, 0.25) is 0 Å². The molecule has 0 N–H and O–H groups in total. The van der Waals surface area contributed by atoms with E-state index in [2.05, 4.69) is 238 Å². The lowest BCUT2D eigenvalue weighted by Gasteiger charge is -2.12. The molecule has 0 radical (unpaired) electrons. The van der Waals surface area contributed by atoms with Crippen LogP contribution in [0.3, 0.4) is 0 Å². The first-order valence-corrected chi connectivity index (χ1v) is 21.0. The van der Waals surface area contributed by atoms with E-state index in [0.29, 0.717) is 0 Å². The zero-order valence-electron chi connectivity index (χ0n) is 33.2. The molecule has 0 saturated carbocycles. The summed E-state index contributed by atoms with van der Waals surface area (Å²) in [6.45, 7) is 0. The monoisotopic (exact) mass is 775 g/mol. The SMILES string of the molecule is c1ccc(-c2ccc(-n3c4ccccc4c4cc(-c5ccc6c(c5)c5cc7c(cc5n6-c5cccc6ccccc56)c5ccccc5n7-c5ccccc5)ccc43)cc2)cc1. The molecule has 0 fully saturated rings. The average Bonchev–Trinajstić information content (AvgIpc) is 3.96. The summed E-state index contributed by atoms with van der Waals surface area (Å²) in [5, 5.41) is 9.90. The molecule has 13 rings (SSSR count). The predicted octanol–water partition coefficient (Wildman–Crippen LogP) is 15.5. The van der Waals surface area contributed by atoms with Gasteiger partial charge in [0.15, 0.2) is 0 Å². The largest absolute Gasteiger partial charge is 0.309 e. The van der Waals surface area contributed by atoms with Gasteiger partial charge in [-0.25, -0.2) is 0 Å². The van der Waals surface area contributed by atoms with E-state index in [9.17, 15) is 0 Å². The van der Waals surface area contributed by atoms with Crippen LogP contribution >= 0.6 is 0 Å².